The summed E-state index contributed by atoms with van der Waals surface area (Å²) in [6.07, 6.45) is 0.595. The first-order chi connectivity index (χ1) is 13.7. The molecule has 0 aliphatic heterocycles. The number of aromatic amines is 1. The molecule has 0 aliphatic carbocycles. The molecule has 0 amide bonds. The average molecular weight is 488 g/mol. The number of nitro benzene ring substituents is 1. The van der Waals surface area contributed by atoms with Gasteiger partial charge in [0.1, 0.15) is 11.6 Å². The van der Waals surface area contributed by atoms with Crippen LogP contribution in [0, 0.1) is 10.1 Å². The first-order valence-corrected chi connectivity index (χ1v) is 11.6. The molecule has 30 heavy (non-hydrogen) atoms. The minimum atomic E-state index is -5.78. The molecule has 0 spiro atoms. The van der Waals surface area contributed by atoms with Crippen LogP contribution in [0.3, 0.4) is 0 Å². The summed E-state index contributed by atoms with van der Waals surface area (Å²) in [5.74, 6) is -1.80. The van der Waals surface area contributed by atoms with Gasteiger partial charge in [0.2, 0.25) is 0 Å². The van der Waals surface area contributed by atoms with Gasteiger partial charge in [0.15, 0.2) is 5.75 Å². The Morgan fingerprint density at radius 3 is 2.03 bits per heavy atom. The van der Waals surface area contributed by atoms with Crippen molar-refractivity contribution in [1.82, 2.24) is 9.97 Å². The number of phosphoric ester groups is 2. The number of nitrogens with zero attached hydrogens (tertiary/aromatic N) is 2. The Labute approximate surface area is 165 Å². The van der Waals surface area contributed by atoms with Crippen molar-refractivity contribution in [2.45, 2.75) is 0 Å². The Balaban J connectivity index is 2.08. The van der Waals surface area contributed by atoms with Crippen LogP contribution in [0.2, 0.25) is 0 Å². The van der Waals surface area contributed by atoms with Crippen molar-refractivity contribution in [1.29, 1.82) is 0 Å². The lowest BCUT2D eigenvalue weighted by Crippen LogP contribution is -2.13. The Morgan fingerprint density at radius 2 is 1.53 bits per heavy atom. The van der Waals surface area contributed by atoms with Gasteiger partial charge in [-0.2, -0.15) is 13.6 Å². The highest BCUT2D eigenvalue weighted by Gasteiger charge is 2.44. The Bertz CT molecular complexity index is 1150. The number of nitrogens with two attached hydrogens (primary N) is 1. The van der Waals surface area contributed by atoms with E-state index in [0.29, 0.717) is 6.20 Å². The van der Waals surface area contributed by atoms with Crippen LogP contribution >= 0.6 is 23.5 Å². The molecule has 2 aromatic rings. The fourth-order valence-electron chi connectivity index (χ4n) is 1.66. The van der Waals surface area contributed by atoms with Crippen LogP contribution in [0.4, 0.5) is 11.5 Å². The molecule has 0 saturated heterocycles. The molecular weight excluding hydrogens is 477 g/mol. The van der Waals surface area contributed by atoms with Crippen LogP contribution in [0.25, 0.3) is 0 Å². The van der Waals surface area contributed by atoms with Gasteiger partial charge in [0, 0.05) is 12.1 Å². The lowest BCUT2D eigenvalue weighted by molar-refractivity contribution is -0.384. The molecule has 2 rings (SSSR count). The summed E-state index contributed by atoms with van der Waals surface area (Å²) >= 11 is 0. The van der Waals surface area contributed by atoms with Crippen LogP contribution in [-0.4, -0.2) is 29.6 Å². The molecule has 0 fully saturated rings. The number of aromatic nitrogens is 2. The smallest absolute Gasteiger partial charge is 0.404 e. The van der Waals surface area contributed by atoms with Gasteiger partial charge in [-0.05, 0) is 12.1 Å². The zero-order chi connectivity index (χ0) is 22.7. The minimum absolute atomic E-state index is 0.387. The van der Waals surface area contributed by atoms with E-state index in [0.717, 1.165) is 24.3 Å². The maximum absolute atomic E-state index is 11.8. The first-order valence-electron chi connectivity index (χ1n) is 7.07. The number of non-ortho nitro benzene ring substituents is 1. The standard InChI is InChI=1S/C10H11N4O13P3/c11-9-8(5-12-10(15)13-9)25-29(20,21)27-30(22,23)26-28(18,19)24-7-3-1-6(2-4-7)14(16)17/h1-5H,(H,18,19)(H,20,21)(H,22,23)(H3,11,12,13,15). The van der Waals surface area contributed by atoms with Crippen molar-refractivity contribution >= 4 is 35.0 Å². The number of benzene rings is 1. The number of rotatable bonds is 9. The molecule has 164 valence electrons. The highest BCUT2D eigenvalue weighted by molar-refractivity contribution is 7.67. The van der Waals surface area contributed by atoms with Gasteiger partial charge in [-0.3, -0.25) is 24.9 Å². The number of nitro groups is 1. The third-order valence-corrected chi connectivity index (χ3v) is 6.87. The van der Waals surface area contributed by atoms with Gasteiger partial charge in [0.25, 0.3) is 5.69 Å². The zero-order valence-corrected chi connectivity index (χ0v) is 16.8. The van der Waals surface area contributed by atoms with E-state index in [-0.39, 0.29) is 5.69 Å². The molecule has 0 saturated carbocycles. The van der Waals surface area contributed by atoms with Crippen molar-refractivity contribution in [3.63, 3.8) is 0 Å². The summed E-state index contributed by atoms with van der Waals surface area (Å²) in [6, 6.07) is 3.53. The SMILES string of the molecule is Nc1[nH]c(=O)ncc1OP(=O)(O)OP(=O)(O)OP(=O)(O)Oc1ccc([N+](=O)[O-])cc1. The number of nitrogens with one attached hydrogen (secondary N) is 1. The summed E-state index contributed by atoms with van der Waals surface area (Å²) in [7, 11) is -16.7. The Morgan fingerprint density at radius 1 is 1.00 bits per heavy atom. The average Bonchev–Trinajstić information content (AvgIpc) is 2.55. The molecule has 3 unspecified atom stereocenters. The Hall–Kier alpha value is -2.61. The van der Waals surface area contributed by atoms with Gasteiger partial charge in [0.05, 0.1) is 11.1 Å². The lowest BCUT2D eigenvalue weighted by Gasteiger charge is -2.18. The van der Waals surface area contributed by atoms with Gasteiger partial charge in [-0.15, -0.1) is 0 Å². The van der Waals surface area contributed by atoms with Crippen LogP contribution in [0.15, 0.2) is 35.3 Å². The number of anilines is 1. The molecule has 3 atom stereocenters. The number of nitrogen functional groups attached to an aromatic ring is 1. The molecule has 20 heteroatoms. The monoisotopic (exact) mass is 488 g/mol. The number of phosphoric acid groups is 3. The normalized spacial score (nSPS) is 17.2. The second-order valence-electron chi connectivity index (χ2n) is 4.97. The van der Waals surface area contributed by atoms with Crippen molar-refractivity contribution in [2.24, 2.45) is 0 Å². The van der Waals surface area contributed by atoms with Gasteiger partial charge in [-0.25, -0.2) is 18.5 Å². The predicted molar refractivity (Wildman–Crippen MR) is 95.3 cm³/mol. The largest absolute Gasteiger partial charge is 0.536 e. The van der Waals surface area contributed by atoms with E-state index in [1.807, 2.05) is 4.98 Å². The van der Waals surface area contributed by atoms with Crippen LogP contribution in [0.5, 0.6) is 11.5 Å². The topological polar surface area (TPSA) is 264 Å². The second-order valence-corrected chi connectivity index (χ2v) is 9.45. The fourth-order valence-corrected chi connectivity index (χ4v) is 5.19. The summed E-state index contributed by atoms with van der Waals surface area (Å²) in [6.45, 7) is 0. The number of hydrogen-bond acceptors (Lipinski definition) is 12. The van der Waals surface area contributed by atoms with Crippen molar-refractivity contribution in [2.75, 3.05) is 5.73 Å². The molecule has 6 N–H and O–H groups in total. The van der Waals surface area contributed by atoms with E-state index >= 15 is 0 Å². The van der Waals surface area contributed by atoms with E-state index in [9.17, 15) is 43.3 Å². The minimum Gasteiger partial charge on any atom is -0.404 e. The van der Waals surface area contributed by atoms with Gasteiger partial charge in [-0.1, -0.05) is 0 Å². The number of hydrogen-bond donors (Lipinski definition) is 5. The lowest BCUT2D eigenvalue weighted by atomic mass is 10.3. The summed E-state index contributed by atoms with van der Waals surface area (Å²) in [4.78, 5) is 54.2. The van der Waals surface area contributed by atoms with Crippen LogP contribution < -0.4 is 20.5 Å². The van der Waals surface area contributed by atoms with Crippen LogP contribution in [0.1, 0.15) is 0 Å². The Kier molecular flexibility index (Phi) is 6.81. The van der Waals surface area contributed by atoms with E-state index in [4.69, 9.17) is 5.73 Å². The first kappa shape index (κ1) is 23.7. The maximum Gasteiger partial charge on any atom is 0.536 e. The maximum atomic E-state index is 11.8. The molecule has 1 aromatic carbocycles. The summed E-state index contributed by atoms with van der Waals surface area (Å²) in [5.41, 5.74) is 3.97. The third kappa shape index (κ3) is 7.02. The molecular formula is C10H11N4O13P3. The molecule has 1 heterocycles. The fraction of sp³-hybridized carbons (Fsp3) is 0. The second kappa shape index (κ2) is 8.63. The quantitative estimate of drug-likeness (QED) is 0.188. The highest BCUT2D eigenvalue weighted by Crippen LogP contribution is 2.67. The summed E-state index contributed by atoms with van der Waals surface area (Å²) < 4.78 is 51.9. The number of H-pyrrole nitrogens is 1. The molecule has 0 aliphatic rings. The summed E-state index contributed by atoms with van der Waals surface area (Å²) in [5, 5.41) is 10.5. The van der Waals surface area contributed by atoms with E-state index in [1.54, 1.807) is 0 Å². The third-order valence-electron chi connectivity index (χ3n) is 2.70. The highest BCUT2D eigenvalue weighted by atomic mass is 31.3. The van der Waals surface area contributed by atoms with E-state index < -0.39 is 51.4 Å². The van der Waals surface area contributed by atoms with Crippen molar-refractivity contribution in [3.8, 4) is 11.5 Å². The zero-order valence-electron chi connectivity index (χ0n) is 14.1. The van der Waals surface area contributed by atoms with Gasteiger partial charge >= 0.3 is 29.2 Å². The van der Waals surface area contributed by atoms with E-state index in [2.05, 4.69) is 22.7 Å². The van der Waals surface area contributed by atoms with E-state index in [1.165, 1.54) is 0 Å². The molecule has 17 nitrogen and oxygen atoms in total. The molecule has 0 radical (unpaired) electrons. The molecule has 0 bridgehead atoms. The van der Waals surface area contributed by atoms with Crippen molar-refractivity contribution in [3.05, 3.63) is 51.1 Å². The van der Waals surface area contributed by atoms with Crippen molar-refractivity contribution < 1.29 is 51.0 Å². The van der Waals surface area contributed by atoms with Gasteiger partial charge < -0.3 is 19.7 Å². The molecule has 1 aromatic heterocycles. The van der Waals surface area contributed by atoms with Crippen LogP contribution in [-0.2, 0) is 22.3 Å². The predicted octanol–water partition coefficient (Wildman–Crippen LogP) is 1.05.